The summed E-state index contributed by atoms with van der Waals surface area (Å²) in [7, 11) is 1.93. The van der Waals surface area contributed by atoms with Gasteiger partial charge in [0.1, 0.15) is 0 Å². The molecule has 1 saturated heterocycles. The van der Waals surface area contributed by atoms with Gasteiger partial charge in [-0.3, -0.25) is 4.68 Å². The van der Waals surface area contributed by atoms with Crippen LogP contribution in [0.2, 0.25) is 0 Å². The zero-order valence-electron chi connectivity index (χ0n) is 10.8. The first-order chi connectivity index (χ1) is 8.74. The quantitative estimate of drug-likeness (QED) is 0.806. The second-order valence-corrected chi connectivity index (χ2v) is 4.74. The van der Waals surface area contributed by atoms with Gasteiger partial charge in [-0.1, -0.05) is 0 Å². The lowest BCUT2D eigenvalue weighted by molar-refractivity contribution is 0.756. The molecule has 0 spiro atoms. The molecule has 1 fully saturated rings. The minimum absolute atomic E-state index is 0.841. The van der Waals surface area contributed by atoms with Crippen LogP contribution >= 0.6 is 0 Å². The molecule has 0 bridgehead atoms. The molecule has 1 aliphatic heterocycles. The van der Waals surface area contributed by atoms with Crippen molar-refractivity contribution in [3.8, 4) is 11.3 Å². The van der Waals surface area contributed by atoms with Gasteiger partial charge < -0.3 is 4.90 Å². The van der Waals surface area contributed by atoms with Crippen LogP contribution in [0.25, 0.3) is 11.3 Å². The van der Waals surface area contributed by atoms with Gasteiger partial charge in [-0.05, 0) is 25.8 Å². The molecule has 0 amide bonds. The Morgan fingerprint density at radius 1 is 1.22 bits per heavy atom. The first-order valence-corrected chi connectivity index (χ1v) is 6.32. The van der Waals surface area contributed by atoms with Crippen LogP contribution in [0.4, 0.5) is 5.95 Å². The van der Waals surface area contributed by atoms with Gasteiger partial charge in [-0.15, -0.1) is 0 Å². The summed E-state index contributed by atoms with van der Waals surface area (Å²) < 4.78 is 1.82. The van der Waals surface area contributed by atoms with Gasteiger partial charge in [0, 0.05) is 38.1 Å². The lowest BCUT2D eigenvalue weighted by atomic mass is 10.2. The van der Waals surface area contributed by atoms with Gasteiger partial charge >= 0.3 is 0 Å². The molecule has 0 N–H and O–H groups in total. The van der Waals surface area contributed by atoms with Gasteiger partial charge in [0.2, 0.25) is 5.95 Å². The maximum absolute atomic E-state index is 4.66. The highest BCUT2D eigenvalue weighted by Gasteiger charge is 2.16. The fourth-order valence-electron chi connectivity index (χ4n) is 2.42. The summed E-state index contributed by atoms with van der Waals surface area (Å²) >= 11 is 0. The number of nitrogens with zero attached hydrogens (tertiary/aromatic N) is 5. The van der Waals surface area contributed by atoms with Crippen molar-refractivity contribution in [2.45, 2.75) is 19.8 Å². The van der Waals surface area contributed by atoms with E-state index in [-0.39, 0.29) is 0 Å². The first-order valence-electron chi connectivity index (χ1n) is 6.32. The lowest BCUT2D eigenvalue weighted by Gasteiger charge is -2.15. The van der Waals surface area contributed by atoms with Crippen LogP contribution < -0.4 is 4.90 Å². The molecule has 0 radical (unpaired) electrons. The van der Waals surface area contributed by atoms with Crippen molar-refractivity contribution >= 4 is 5.95 Å². The predicted molar refractivity (Wildman–Crippen MR) is 70.4 cm³/mol. The molecule has 0 atom stereocenters. The summed E-state index contributed by atoms with van der Waals surface area (Å²) in [6.45, 7) is 4.14. The third-order valence-electron chi connectivity index (χ3n) is 3.32. The van der Waals surface area contributed by atoms with E-state index >= 15 is 0 Å². The Labute approximate surface area is 106 Å². The normalized spacial score (nSPS) is 15.3. The first kappa shape index (κ1) is 11.2. The smallest absolute Gasteiger partial charge is 0.225 e. The Balaban J connectivity index is 1.97. The highest BCUT2D eigenvalue weighted by atomic mass is 15.3. The standard InChI is InChI=1S/C13H17N5/c1-10-11(9-17(2)16-10)12-5-6-14-13(15-12)18-7-3-4-8-18/h5-6,9H,3-4,7-8H2,1-2H3. The van der Waals surface area contributed by atoms with E-state index in [1.54, 1.807) is 0 Å². The molecule has 0 aliphatic carbocycles. The molecule has 5 heteroatoms. The van der Waals surface area contributed by atoms with Crippen LogP contribution in [-0.4, -0.2) is 32.8 Å². The number of aryl methyl sites for hydroxylation is 2. The molecule has 2 aromatic heterocycles. The number of hydrogen-bond donors (Lipinski definition) is 0. The predicted octanol–water partition coefficient (Wildman–Crippen LogP) is 1.79. The van der Waals surface area contributed by atoms with Gasteiger partial charge in [-0.25, -0.2) is 9.97 Å². The van der Waals surface area contributed by atoms with Gasteiger partial charge in [-0.2, -0.15) is 5.10 Å². The van der Waals surface area contributed by atoms with E-state index in [1.165, 1.54) is 12.8 Å². The maximum Gasteiger partial charge on any atom is 0.225 e. The second kappa shape index (κ2) is 4.40. The van der Waals surface area contributed by atoms with E-state index in [2.05, 4.69) is 20.0 Å². The van der Waals surface area contributed by atoms with Crippen molar-refractivity contribution in [1.82, 2.24) is 19.7 Å². The molecule has 0 aromatic carbocycles. The molecule has 2 aromatic rings. The molecule has 0 saturated carbocycles. The summed E-state index contributed by atoms with van der Waals surface area (Å²) in [5.74, 6) is 0.841. The Kier molecular flexibility index (Phi) is 2.74. The number of aromatic nitrogens is 4. The number of rotatable bonds is 2. The summed E-state index contributed by atoms with van der Waals surface area (Å²) in [4.78, 5) is 11.3. The van der Waals surface area contributed by atoms with Crippen molar-refractivity contribution in [2.24, 2.45) is 7.05 Å². The molecule has 3 heterocycles. The van der Waals surface area contributed by atoms with Crippen LogP contribution in [0.3, 0.4) is 0 Å². The van der Waals surface area contributed by atoms with Crippen molar-refractivity contribution in [3.05, 3.63) is 24.2 Å². The Hall–Kier alpha value is -1.91. The van der Waals surface area contributed by atoms with E-state index in [9.17, 15) is 0 Å². The van der Waals surface area contributed by atoms with Gasteiger partial charge in [0.05, 0.1) is 11.4 Å². The second-order valence-electron chi connectivity index (χ2n) is 4.74. The van der Waals surface area contributed by atoms with E-state index in [1.807, 2.05) is 37.1 Å². The molecular weight excluding hydrogens is 226 g/mol. The maximum atomic E-state index is 4.66. The Morgan fingerprint density at radius 3 is 2.67 bits per heavy atom. The Morgan fingerprint density at radius 2 is 2.00 bits per heavy atom. The highest BCUT2D eigenvalue weighted by molar-refractivity contribution is 5.61. The van der Waals surface area contributed by atoms with E-state index < -0.39 is 0 Å². The summed E-state index contributed by atoms with van der Waals surface area (Å²) in [5, 5.41) is 4.36. The molecule has 3 rings (SSSR count). The third kappa shape index (κ3) is 1.96. The zero-order valence-corrected chi connectivity index (χ0v) is 10.8. The molecular formula is C13H17N5. The third-order valence-corrected chi connectivity index (χ3v) is 3.32. The highest BCUT2D eigenvalue weighted by Crippen LogP contribution is 2.23. The minimum atomic E-state index is 0.841. The molecule has 0 unspecified atom stereocenters. The molecule has 94 valence electrons. The van der Waals surface area contributed by atoms with Gasteiger partial charge in [0.25, 0.3) is 0 Å². The van der Waals surface area contributed by atoms with Crippen LogP contribution in [-0.2, 0) is 7.05 Å². The van der Waals surface area contributed by atoms with Crippen molar-refractivity contribution in [3.63, 3.8) is 0 Å². The fraction of sp³-hybridized carbons (Fsp3) is 0.462. The minimum Gasteiger partial charge on any atom is -0.341 e. The molecule has 5 nitrogen and oxygen atoms in total. The summed E-state index contributed by atoms with van der Waals surface area (Å²) in [6.07, 6.45) is 6.31. The van der Waals surface area contributed by atoms with Crippen molar-refractivity contribution < 1.29 is 0 Å². The van der Waals surface area contributed by atoms with E-state index in [0.717, 1.165) is 36.0 Å². The van der Waals surface area contributed by atoms with Crippen LogP contribution in [0.15, 0.2) is 18.5 Å². The number of anilines is 1. The van der Waals surface area contributed by atoms with Crippen LogP contribution in [0.1, 0.15) is 18.5 Å². The fourth-order valence-corrected chi connectivity index (χ4v) is 2.42. The van der Waals surface area contributed by atoms with Crippen LogP contribution in [0, 0.1) is 6.92 Å². The largest absolute Gasteiger partial charge is 0.341 e. The van der Waals surface area contributed by atoms with Crippen molar-refractivity contribution in [2.75, 3.05) is 18.0 Å². The monoisotopic (exact) mass is 243 g/mol. The SMILES string of the molecule is Cc1nn(C)cc1-c1ccnc(N2CCCC2)n1. The average Bonchev–Trinajstić information content (AvgIpc) is 2.99. The van der Waals surface area contributed by atoms with Gasteiger partial charge in [0.15, 0.2) is 0 Å². The summed E-state index contributed by atoms with van der Waals surface area (Å²) in [5.41, 5.74) is 3.04. The number of hydrogen-bond acceptors (Lipinski definition) is 4. The Bertz CT molecular complexity index is 554. The topological polar surface area (TPSA) is 46.8 Å². The van der Waals surface area contributed by atoms with Crippen LogP contribution in [0.5, 0.6) is 0 Å². The lowest BCUT2D eigenvalue weighted by Crippen LogP contribution is -2.20. The van der Waals surface area contributed by atoms with Crippen molar-refractivity contribution in [1.29, 1.82) is 0 Å². The molecule has 1 aliphatic rings. The average molecular weight is 243 g/mol. The zero-order chi connectivity index (χ0) is 12.5. The molecule has 18 heavy (non-hydrogen) atoms. The van der Waals surface area contributed by atoms with E-state index in [0.29, 0.717) is 0 Å². The van der Waals surface area contributed by atoms with E-state index in [4.69, 9.17) is 0 Å². The summed E-state index contributed by atoms with van der Waals surface area (Å²) in [6, 6.07) is 1.95.